The van der Waals surface area contributed by atoms with Crippen molar-refractivity contribution in [2.24, 2.45) is 0 Å². The zero-order valence-electron chi connectivity index (χ0n) is 19.7. The average molecular weight is 462 g/mol. The minimum Gasteiger partial charge on any atom is -0.328 e. The first kappa shape index (κ1) is 23.1. The van der Waals surface area contributed by atoms with Crippen LogP contribution in [-0.2, 0) is 11.2 Å². The SMILES string of the molecule is CCCCSc1nc2n(n1)C(c1ccc(CC)cc1)C(C(=O)Nc1ccc(C)cc1)=C(C)N2. The van der Waals surface area contributed by atoms with Gasteiger partial charge in [-0.25, -0.2) is 4.68 Å². The standard InChI is InChI=1S/C26H31N5OS/c1-5-7-16-33-26-29-25-27-18(4)22(24(32)28-21-14-8-17(3)9-15-21)23(31(25)30-26)20-12-10-19(6-2)11-13-20/h8-15,23H,5-7,16H2,1-4H3,(H,28,32)(H,27,29,30). The first-order valence-electron chi connectivity index (χ1n) is 11.5. The molecule has 33 heavy (non-hydrogen) atoms. The van der Waals surface area contributed by atoms with Crippen LogP contribution in [0, 0.1) is 6.92 Å². The van der Waals surface area contributed by atoms with Crippen molar-refractivity contribution < 1.29 is 4.79 Å². The number of fused-ring (bicyclic) bond motifs is 1. The van der Waals surface area contributed by atoms with Crippen molar-refractivity contribution in [3.63, 3.8) is 0 Å². The molecule has 1 aliphatic heterocycles. The van der Waals surface area contributed by atoms with Crippen LogP contribution in [0.25, 0.3) is 0 Å². The van der Waals surface area contributed by atoms with Gasteiger partial charge in [-0.1, -0.05) is 74.0 Å². The third-order valence-corrected chi connectivity index (χ3v) is 6.74. The van der Waals surface area contributed by atoms with Crippen molar-refractivity contribution in [1.29, 1.82) is 0 Å². The molecule has 1 amide bonds. The number of allylic oxidation sites excluding steroid dienone is 1. The van der Waals surface area contributed by atoms with E-state index in [2.05, 4.69) is 48.7 Å². The third kappa shape index (κ3) is 5.14. The second-order valence-corrected chi connectivity index (χ2v) is 9.41. The summed E-state index contributed by atoms with van der Waals surface area (Å²) < 4.78 is 1.85. The van der Waals surface area contributed by atoms with Crippen molar-refractivity contribution in [1.82, 2.24) is 14.8 Å². The van der Waals surface area contributed by atoms with Crippen LogP contribution in [0.15, 0.2) is 65.0 Å². The minimum atomic E-state index is -0.356. The van der Waals surface area contributed by atoms with Gasteiger partial charge < -0.3 is 10.6 Å². The number of hydrogen-bond donors (Lipinski definition) is 2. The van der Waals surface area contributed by atoms with Gasteiger partial charge in [-0.15, -0.1) is 5.10 Å². The number of benzene rings is 2. The smallest absolute Gasteiger partial charge is 0.255 e. The van der Waals surface area contributed by atoms with Crippen LogP contribution in [0.5, 0.6) is 0 Å². The van der Waals surface area contributed by atoms with Gasteiger partial charge in [0.15, 0.2) is 0 Å². The summed E-state index contributed by atoms with van der Waals surface area (Å²) in [7, 11) is 0. The van der Waals surface area contributed by atoms with Crippen LogP contribution in [-0.4, -0.2) is 26.4 Å². The highest BCUT2D eigenvalue weighted by atomic mass is 32.2. The molecule has 4 rings (SSSR count). The van der Waals surface area contributed by atoms with Crippen LogP contribution >= 0.6 is 11.8 Å². The van der Waals surface area contributed by atoms with E-state index >= 15 is 0 Å². The first-order chi connectivity index (χ1) is 16.0. The summed E-state index contributed by atoms with van der Waals surface area (Å²) in [5, 5.41) is 11.9. The lowest BCUT2D eigenvalue weighted by molar-refractivity contribution is -0.113. The largest absolute Gasteiger partial charge is 0.328 e. The Morgan fingerprint density at radius 2 is 1.82 bits per heavy atom. The summed E-state index contributed by atoms with van der Waals surface area (Å²) in [6, 6.07) is 15.9. The molecule has 3 aromatic rings. The maximum absolute atomic E-state index is 13.5. The molecule has 1 unspecified atom stereocenters. The molecule has 0 saturated heterocycles. The fraction of sp³-hybridized carbons (Fsp3) is 0.346. The van der Waals surface area contributed by atoms with Crippen LogP contribution in [0.4, 0.5) is 11.6 Å². The first-order valence-corrected chi connectivity index (χ1v) is 12.5. The zero-order chi connectivity index (χ0) is 23.4. The molecule has 2 aromatic carbocycles. The number of carbonyl (C=O) groups excluding carboxylic acids is 1. The van der Waals surface area contributed by atoms with Crippen molar-refractivity contribution >= 4 is 29.3 Å². The Kier molecular flexibility index (Phi) is 7.18. The van der Waals surface area contributed by atoms with Gasteiger partial charge in [0.25, 0.3) is 5.91 Å². The Bertz CT molecular complexity index is 1150. The molecule has 6 nitrogen and oxygen atoms in total. The number of carbonyl (C=O) groups is 1. The molecule has 0 fully saturated rings. The molecule has 1 aromatic heterocycles. The van der Waals surface area contributed by atoms with Gasteiger partial charge in [-0.2, -0.15) is 4.98 Å². The van der Waals surface area contributed by atoms with E-state index in [0.717, 1.165) is 52.7 Å². The maximum atomic E-state index is 13.5. The van der Waals surface area contributed by atoms with Gasteiger partial charge in [-0.05, 0) is 49.9 Å². The van der Waals surface area contributed by atoms with E-state index in [4.69, 9.17) is 10.1 Å². The predicted molar refractivity (Wildman–Crippen MR) is 136 cm³/mol. The van der Waals surface area contributed by atoms with Crippen molar-refractivity contribution in [2.45, 2.75) is 58.2 Å². The van der Waals surface area contributed by atoms with E-state index < -0.39 is 0 Å². The Labute approximate surface area is 199 Å². The summed E-state index contributed by atoms with van der Waals surface area (Å²) >= 11 is 1.65. The maximum Gasteiger partial charge on any atom is 0.255 e. The minimum absolute atomic E-state index is 0.144. The summed E-state index contributed by atoms with van der Waals surface area (Å²) in [6.45, 7) is 8.27. The highest BCUT2D eigenvalue weighted by molar-refractivity contribution is 7.99. The molecule has 0 saturated carbocycles. The van der Waals surface area contributed by atoms with Crippen LogP contribution in [0.2, 0.25) is 0 Å². The molecular weight excluding hydrogens is 430 g/mol. The second-order valence-electron chi connectivity index (χ2n) is 8.35. The van der Waals surface area contributed by atoms with E-state index in [1.807, 2.05) is 42.8 Å². The highest BCUT2D eigenvalue weighted by Crippen LogP contribution is 2.37. The zero-order valence-corrected chi connectivity index (χ0v) is 20.5. The molecule has 7 heteroatoms. The van der Waals surface area contributed by atoms with Gasteiger partial charge in [0.05, 0.1) is 5.57 Å². The summed E-state index contributed by atoms with van der Waals surface area (Å²) in [5.74, 6) is 1.50. The number of aromatic nitrogens is 3. The Hall–Kier alpha value is -3.06. The average Bonchev–Trinajstić information content (AvgIpc) is 3.22. The number of rotatable bonds is 8. The van der Waals surface area contributed by atoms with E-state index in [1.165, 1.54) is 5.56 Å². The fourth-order valence-corrected chi connectivity index (χ4v) is 4.79. The van der Waals surface area contributed by atoms with E-state index in [-0.39, 0.29) is 11.9 Å². The van der Waals surface area contributed by atoms with Gasteiger partial charge in [0.1, 0.15) is 6.04 Å². The number of unbranched alkanes of at least 4 members (excludes halogenated alkanes) is 1. The molecule has 0 aliphatic carbocycles. The molecule has 172 valence electrons. The number of amides is 1. The lowest BCUT2D eigenvalue weighted by Gasteiger charge is -2.28. The lowest BCUT2D eigenvalue weighted by atomic mass is 9.94. The van der Waals surface area contributed by atoms with Gasteiger partial charge in [-0.3, -0.25) is 4.79 Å². The number of thioether (sulfide) groups is 1. The quantitative estimate of drug-likeness (QED) is 0.319. The topological polar surface area (TPSA) is 71.8 Å². The Morgan fingerprint density at radius 3 is 2.48 bits per heavy atom. The van der Waals surface area contributed by atoms with Crippen LogP contribution in [0.1, 0.15) is 56.3 Å². The molecule has 0 bridgehead atoms. The lowest BCUT2D eigenvalue weighted by Crippen LogP contribution is -2.31. The van der Waals surface area contributed by atoms with Crippen LogP contribution in [0.3, 0.4) is 0 Å². The van der Waals surface area contributed by atoms with Gasteiger partial charge >= 0.3 is 0 Å². The number of anilines is 2. The molecule has 0 radical (unpaired) electrons. The van der Waals surface area contributed by atoms with Gasteiger partial charge in [0.2, 0.25) is 11.1 Å². The third-order valence-electron chi connectivity index (χ3n) is 5.82. The number of aryl methyl sites for hydroxylation is 2. The number of nitrogens with zero attached hydrogens (tertiary/aromatic N) is 3. The second kappa shape index (κ2) is 10.3. The Morgan fingerprint density at radius 1 is 1.09 bits per heavy atom. The van der Waals surface area contributed by atoms with Crippen molar-refractivity contribution in [3.05, 3.63) is 76.5 Å². The Balaban J connectivity index is 1.71. The summed E-state index contributed by atoms with van der Waals surface area (Å²) in [4.78, 5) is 18.2. The van der Waals surface area contributed by atoms with E-state index in [0.29, 0.717) is 11.5 Å². The molecule has 1 atom stereocenters. The molecule has 2 heterocycles. The predicted octanol–water partition coefficient (Wildman–Crippen LogP) is 5.97. The van der Waals surface area contributed by atoms with E-state index in [1.54, 1.807) is 11.8 Å². The van der Waals surface area contributed by atoms with Crippen LogP contribution < -0.4 is 10.6 Å². The number of nitrogens with one attached hydrogen (secondary N) is 2. The highest BCUT2D eigenvalue weighted by Gasteiger charge is 2.34. The van der Waals surface area contributed by atoms with E-state index in [9.17, 15) is 4.79 Å². The molecule has 2 N–H and O–H groups in total. The molecular formula is C26H31N5OS. The normalized spacial score (nSPS) is 15.2. The van der Waals surface area contributed by atoms with Gasteiger partial charge in [0, 0.05) is 17.1 Å². The monoisotopic (exact) mass is 461 g/mol. The number of hydrogen-bond acceptors (Lipinski definition) is 5. The van der Waals surface area contributed by atoms with Crippen molar-refractivity contribution in [3.8, 4) is 0 Å². The molecule has 0 spiro atoms. The fourth-order valence-electron chi connectivity index (χ4n) is 3.87. The molecule has 1 aliphatic rings. The summed E-state index contributed by atoms with van der Waals surface area (Å²) in [5.41, 5.74) is 5.62. The summed E-state index contributed by atoms with van der Waals surface area (Å²) in [6.07, 6.45) is 3.22. The van der Waals surface area contributed by atoms with Crippen molar-refractivity contribution in [2.75, 3.05) is 16.4 Å².